The first kappa shape index (κ1) is 16.4. The lowest BCUT2D eigenvalue weighted by Crippen LogP contribution is -2.51. The van der Waals surface area contributed by atoms with E-state index in [0.717, 1.165) is 42.4 Å². The molecule has 0 spiro atoms. The molecule has 8 atom stereocenters. The van der Waals surface area contributed by atoms with Gasteiger partial charge >= 0.3 is 0 Å². The van der Waals surface area contributed by atoms with E-state index >= 15 is 0 Å². The minimum atomic E-state index is -0.988. The van der Waals surface area contributed by atoms with Gasteiger partial charge in [-0.15, -0.1) is 0 Å². The molecule has 4 saturated carbocycles. The van der Waals surface area contributed by atoms with Gasteiger partial charge in [0.05, 0.1) is 5.60 Å². The standard InChI is InChI=1S/C21H35FO/c1-3-15-5-7-19-18-6-4-14-12-21(23,13-22)11-9-16(14)17(18)8-10-20(15,19)2/h14-19,23H,3-13H2,1-2H3. The highest BCUT2D eigenvalue weighted by Crippen LogP contribution is 2.65. The molecule has 0 heterocycles. The van der Waals surface area contributed by atoms with Crippen molar-refractivity contribution in [2.24, 2.45) is 40.9 Å². The minimum Gasteiger partial charge on any atom is -0.387 e. The Morgan fingerprint density at radius 2 is 1.74 bits per heavy atom. The Hall–Kier alpha value is -0.110. The van der Waals surface area contributed by atoms with Gasteiger partial charge in [0.2, 0.25) is 0 Å². The molecule has 0 aliphatic heterocycles. The molecule has 23 heavy (non-hydrogen) atoms. The summed E-state index contributed by atoms with van der Waals surface area (Å²) in [6.45, 7) is 4.45. The van der Waals surface area contributed by atoms with Gasteiger partial charge in [-0.05, 0) is 98.7 Å². The van der Waals surface area contributed by atoms with Crippen LogP contribution in [0.5, 0.6) is 0 Å². The highest BCUT2D eigenvalue weighted by atomic mass is 19.1. The van der Waals surface area contributed by atoms with Gasteiger partial charge in [0.1, 0.15) is 6.67 Å². The lowest BCUT2D eigenvalue weighted by atomic mass is 9.49. The Kier molecular flexibility index (Phi) is 4.06. The van der Waals surface area contributed by atoms with Crippen LogP contribution in [0.25, 0.3) is 0 Å². The number of alkyl halides is 1. The molecule has 2 heteroatoms. The van der Waals surface area contributed by atoms with E-state index in [1.807, 2.05) is 0 Å². The molecule has 0 amide bonds. The summed E-state index contributed by atoms with van der Waals surface area (Å²) in [5.74, 6) is 5.10. The van der Waals surface area contributed by atoms with E-state index in [-0.39, 0.29) is 0 Å². The molecule has 4 fully saturated rings. The number of hydrogen-bond donors (Lipinski definition) is 1. The van der Waals surface area contributed by atoms with Gasteiger partial charge in [-0.1, -0.05) is 20.3 Å². The molecule has 0 aromatic carbocycles. The van der Waals surface area contributed by atoms with Gasteiger partial charge in [0.15, 0.2) is 0 Å². The second kappa shape index (κ2) is 5.71. The Balaban J connectivity index is 1.52. The van der Waals surface area contributed by atoms with E-state index in [1.165, 1.54) is 44.9 Å². The fourth-order valence-corrected chi connectivity index (χ4v) is 7.86. The third-order valence-electron chi connectivity index (χ3n) is 9.04. The Labute approximate surface area is 141 Å². The predicted octanol–water partition coefficient (Wildman–Crippen LogP) is 5.37. The van der Waals surface area contributed by atoms with Gasteiger partial charge in [-0.3, -0.25) is 0 Å². The van der Waals surface area contributed by atoms with Gasteiger partial charge in [0.25, 0.3) is 0 Å². The van der Waals surface area contributed by atoms with Crippen LogP contribution >= 0.6 is 0 Å². The number of fused-ring (bicyclic) bond motifs is 5. The van der Waals surface area contributed by atoms with E-state index in [2.05, 4.69) is 13.8 Å². The van der Waals surface area contributed by atoms with Crippen molar-refractivity contribution in [2.45, 2.75) is 83.7 Å². The first-order valence-electron chi connectivity index (χ1n) is 10.3. The van der Waals surface area contributed by atoms with Crippen molar-refractivity contribution in [3.05, 3.63) is 0 Å². The molecule has 4 aliphatic rings. The van der Waals surface area contributed by atoms with Crippen LogP contribution in [0.2, 0.25) is 0 Å². The first-order chi connectivity index (χ1) is 11.0. The monoisotopic (exact) mass is 322 g/mol. The molecule has 1 N–H and O–H groups in total. The molecule has 4 rings (SSSR count). The van der Waals surface area contributed by atoms with Crippen molar-refractivity contribution in [3.63, 3.8) is 0 Å². The summed E-state index contributed by atoms with van der Waals surface area (Å²) in [5, 5.41) is 10.4. The molecule has 8 unspecified atom stereocenters. The van der Waals surface area contributed by atoms with Crippen molar-refractivity contribution < 1.29 is 9.50 Å². The maximum absolute atomic E-state index is 13.2. The van der Waals surface area contributed by atoms with Crippen molar-refractivity contribution in [3.8, 4) is 0 Å². The molecule has 132 valence electrons. The van der Waals surface area contributed by atoms with Gasteiger partial charge in [0, 0.05) is 0 Å². The van der Waals surface area contributed by atoms with E-state index < -0.39 is 12.3 Å². The Morgan fingerprint density at radius 3 is 2.48 bits per heavy atom. The lowest BCUT2D eigenvalue weighted by molar-refractivity contribution is -0.111. The second-order valence-corrected chi connectivity index (χ2v) is 9.76. The minimum absolute atomic E-state index is 0.539. The summed E-state index contributed by atoms with van der Waals surface area (Å²) in [5.41, 5.74) is -0.380. The first-order valence-corrected chi connectivity index (χ1v) is 10.3. The normalized spacial score (nSPS) is 55.8. The lowest BCUT2D eigenvalue weighted by Gasteiger charge is -2.57. The zero-order chi connectivity index (χ0) is 16.2. The fourth-order valence-electron chi connectivity index (χ4n) is 7.86. The predicted molar refractivity (Wildman–Crippen MR) is 91.8 cm³/mol. The molecule has 0 radical (unpaired) electrons. The summed E-state index contributed by atoms with van der Waals surface area (Å²) in [4.78, 5) is 0. The summed E-state index contributed by atoms with van der Waals surface area (Å²) in [6.07, 6.45) is 12.2. The molecular formula is C21H35FO. The summed E-state index contributed by atoms with van der Waals surface area (Å²) < 4.78 is 13.2. The molecule has 0 bridgehead atoms. The molecule has 1 nitrogen and oxygen atoms in total. The third kappa shape index (κ3) is 2.41. The number of hydrogen-bond acceptors (Lipinski definition) is 1. The van der Waals surface area contributed by atoms with Crippen LogP contribution in [0.3, 0.4) is 0 Å². The maximum atomic E-state index is 13.2. The summed E-state index contributed by atoms with van der Waals surface area (Å²) in [6, 6.07) is 0. The zero-order valence-corrected chi connectivity index (χ0v) is 15.1. The largest absolute Gasteiger partial charge is 0.387 e. The van der Waals surface area contributed by atoms with Gasteiger partial charge < -0.3 is 5.11 Å². The Morgan fingerprint density at radius 1 is 0.957 bits per heavy atom. The van der Waals surface area contributed by atoms with E-state index in [4.69, 9.17) is 0 Å². The number of rotatable bonds is 2. The highest BCUT2D eigenvalue weighted by molar-refractivity contribution is 5.06. The Bertz CT molecular complexity index is 451. The number of aliphatic hydroxyl groups is 1. The van der Waals surface area contributed by atoms with Crippen molar-refractivity contribution in [2.75, 3.05) is 6.67 Å². The SMILES string of the molecule is CCC1CCC2C3CCC4CC(O)(CF)CCC4C3CCC12C. The molecule has 0 saturated heterocycles. The van der Waals surface area contributed by atoms with Crippen molar-refractivity contribution in [1.29, 1.82) is 0 Å². The molecule has 0 aromatic heterocycles. The topological polar surface area (TPSA) is 20.2 Å². The second-order valence-electron chi connectivity index (χ2n) is 9.76. The van der Waals surface area contributed by atoms with Crippen LogP contribution in [0.4, 0.5) is 4.39 Å². The van der Waals surface area contributed by atoms with Crippen LogP contribution in [-0.4, -0.2) is 17.4 Å². The summed E-state index contributed by atoms with van der Waals surface area (Å²) in [7, 11) is 0. The number of halogens is 1. The van der Waals surface area contributed by atoms with Crippen LogP contribution in [0.1, 0.15) is 78.1 Å². The average molecular weight is 323 g/mol. The fraction of sp³-hybridized carbons (Fsp3) is 1.00. The van der Waals surface area contributed by atoms with E-state index in [0.29, 0.717) is 17.8 Å². The summed E-state index contributed by atoms with van der Waals surface area (Å²) >= 11 is 0. The van der Waals surface area contributed by atoms with E-state index in [1.54, 1.807) is 0 Å². The van der Waals surface area contributed by atoms with Crippen LogP contribution in [0.15, 0.2) is 0 Å². The van der Waals surface area contributed by atoms with Gasteiger partial charge in [-0.25, -0.2) is 4.39 Å². The zero-order valence-electron chi connectivity index (χ0n) is 15.1. The molecular weight excluding hydrogens is 287 g/mol. The van der Waals surface area contributed by atoms with Gasteiger partial charge in [-0.2, -0.15) is 0 Å². The quantitative estimate of drug-likeness (QED) is 0.725. The van der Waals surface area contributed by atoms with Crippen LogP contribution < -0.4 is 0 Å². The molecule has 0 aromatic rings. The van der Waals surface area contributed by atoms with Crippen molar-refractivity contribution >= 4 is 0 Å². The van der Waals surface area contributed by atoms with Crippen LogP contribution in [-0.2, 0) is 0 Å². The molecule has 4 aliphatic carbocycles. The van der Waals surface area contributed by atoms with Crippen molar-refractivity contribution in [1.82, 2.24) is 0 Å². The van der Waals surface area contributed by atoms with Crippen LogP contribution in [0, 0.1) is 40.9 Å². The average Bonchev–Trinajstić information content (AvgIpc) is 2.90. The van der Waals surface area contributed by atoms with E-state index in [9.17, 15) is 9.50 Å². The third-order valence-corrected chi connectivity index (χ3v) is 9.04. The highest BCUT2D eigenvalue weighted by Gasteiger charge is 2.57. The smallest absolute Gasteiger partial charge is 0.118 e. The maximum Gasteiger partial charge on any atom is 0.118 e.